The first-order valence-electron chi connectivity index (χ1n) is 6.78. The standard InChI is InChI=1S/C17H11Cl2FN2O/c1-10-14(8-11-2-5-13(20)6-3-11)17(23)22(21-10)16-7-4-12(18)9-15(16)19/h2-9H,1H3/b14-8-. The molecule has 6 heteroatoms. The Morgan fingerprint density at radius 3 is 2.48 bits per heavy atom. The van der Waals surface area contributed by atoms with Gasteiger partial charge in [-0.2, -0.15) is 10.1 Å². The van der Waals surface area contributed by atoms with Crippen molar-refractivity contribution >= 4 is 46.6 Å². The Bertz CT molecular complexity index is 844. The zero-order valence-corrected chi connectivity index (χ0v) is 13.6. The predicted octanol–water partition coefficient (Wildman–Crippen LogP) is 4.94. The first-order chi connectivity index (χ1) is 11.0. The number of nitrogens with zero attached hydrogens (tertiary/aromatic N) is 2. The molecular formula is C17H11Cl2FN2O. The second-order valence-electron chi connectivity index (χ2n) is 5.01. The molecule has 0 saturated heterocycles. The van der Waals surface area contributed by atoms with E-state index in [-0.39, 0.29) is 11.7 Å². The topological polar surface area (TPSA) is 32.7 Å². The summed E-state index contributed by atoms with van der Waals surface area (Å²) in [6, 6.07) is 10.7. The highest BCUT2D eigenvalue weighted by molar-refractivity contribution is 6.38. The summed E-state index contributed by atoms with van der Waals surface area (Å²) in [6.45, 7) is 1.73. The van der Waals surface area contributed by atoms with Gasteiger partial charge in [-0.05, 0) is 48.9 Å². The fourth-order valence-corrected chi connectivity index (χ4v) is 2.71. The first-order valence-corrected chi connectivity index (χ1v) is 7.53. The quantitative estimate of drug-likeness (QED) is 0.707. The monoisotopic (exact) mass is 348 g/mol. The predicted molar refractivity (Wildman–Crippen MR) is 91.4 cm³/mol. The van der Waals surface area contributed by atoms with E-state index in [2.05, 4.69) is 5.10 Å². The summed E-state index contributed by atoms with van der Waals surface area (Å²) in [6.07, 6.45) is 1.67. The van der Waals surface area contributed by atoms with Crippen LogP contribution in [0.4, 0.5) is 10.1 Å². The fourth-order valence-electron chi connectivity index (χ4n) is 2.23. The number of carbonyl (C=O) groups excluding carboxylic acids is 1. The molecule has 0 aromatic heterocycles. The lowest BCUT2D eigenvalue weighted by atomic mass is 10.1. The van der Waals surface area contributed by atoms with E-state index in [1.165, 1.54) is 17.1 Å². The van der Waals surface area contributed by atoms with Crippen LogP contribution in [0.3, 0.4) is 0 Å². The van der Waals surface area contributed by atoms with Gasteiger partial charge in [0, 0.05) is 5.02 Å². The first kappa shape index (κ1) is 15.7. The Labute approximate surface area is 142 Å². The van der Waals surface area contributed by atoms with Crippen LogP contribution in [0, 0.1) is 5.82 Å². The highest BCUT2D eigenvalue weighted by Gasteiger charge is 2.29. The summed E-state index contributed by atoms with van der Waals surface area (Å²) in [5.74, 6) is -0.624. The molecule has 2 aromatic rings. The Kier molecular flexibility index (Phi) is 4.20. The summed E-state index contributed by atoms with van der Waals surface area (Å²) >= 11 is 12.0. The molecule has 1 amide bonds. The number of benzene rings is 2. The average molecular weight is 349 g/mol. The Hall–Kier alpha value is -2.17. The van der Waals surface area contributed by atoms with Crippen molar-refractivity contribution < 1.29 is 9.18 Å². The van der Waals surface area contributed by atoms with E-state index in [0.717, 1.165) is 0 Å². The summed E-state index contributed by atoms with van der Waals surface area (Å²) in [5, 5.41) is 6.31. The summed E-state index contributed by atoms with van der Waals surface area (Å²) in [5.41, 5.74) is 2.17. The van der Waals surface area contributed by atoms with Crippen LogP contribution >= 0.6 is 23.2 Å². The third kappa shape index (κ3) is 3.14. The number of amides is 1. The van der Waals surface area contributed by atoms with Gasteiger partial charge in [-0.1, -0.05) is 35.3 Å². The lowest BCUT2D eigenvalue weighted by molar-refractivity contribution is -0.114. The SMILES string of the molecule is CC1=NN(c2ccc(Cl)cc2Cl)C(=O)/C1=C\c1ccc(F)cc1. The summed E-state index contributed by atoms with van der Waals surface area (Å²) in [7, 11) is 0. The Balaban J connectivity index is 1.96. The molecule has 0 atom stereocenters. The molecule has 0 N–H and O–H groups in total. The zero-order valence-electron chi connectivity index (χ0n) is 12.1. The lowest BCUT2D eigenvalue weighted by Crippen LogP contribution is -2.21. The van der Waals surface area contributed by atoms with E-state index in [9.17, 15) is 9.18 Å². The number of hydrazone groups is 1. The van der Waals surface area contributed by atoms with Gasteiger partial charge in [0.05, 0.1) is 22.0 Å². The van der Waals surface area contributed by atoms with Crippen LogP contribution in [0.25, 0.3) is 6.08 Å². The smallest absolute Gasteiger partial charge is 0.267 e. The molecule has 1 aliphatic heterocycles. The maximum Gasteiger partial charge on any atom is 0.280 e. The van der Waals surface area contributed by atoms with Crippen LogP contribution in [-0.2, 0) is 4.79 Å². The normalized spacial score (nSPS) is 16.2. The van der Waals surface area contributed by atoms with Crippen molar-refractivity contribution in [3.8, 4) is 0 Å². The van der Waals surface area contributed by atoms with Crippen molar-refractivity contribution in [1.82, 2.24) is 0 Å². The van der Waals surface area contributed by atoms with E-state index in [1.54, 1.807) is 43.3 Å². The molecular weight excluding hydrogens is 338 g/mol. The fraction of sp³-hybridized carbons (Fsp3) is 0.0588. The van der Waals surface area contributed by atoms with Crippen LogP contribution in [0.15, 0.2) is 53.1 Å². The third-order valence-electron chi connectivity index (χ3n) is 3.38. The molecule has 2 aromatic carbocycles. The maximum absolute atomic E-state index is 13.0. The highest BCUT2D eigenvalue weighted by Crippen LogP contribution is 2.32. The van der Waals surface area contributed by atoms with Crippen molar-refractivity contribution in [2.75, 3.05) is 5.01 Å². The minimum absolute atomic E-state index is 0.295. The summed E-state index contributed by atoms with van der Waals surface area (Å²) in [4.78, 5) is 12.6. The molecule has 0 unspecified atom stereocenters. The molecule has 3 nitrogen and oxygen atoms in total. The van der Waals surface area contributed by atoms with Crippen LogP contribution in [0.1, 0.15) is 12.5 Å². The van der Waals surface area contributed by atoms with Gasteiger partial charge in [-0.3, -0.25) is 4.79 Å². The molecule has 0 saturated carbocycles. The lowest BCUT2D eigenvalue weighted by Gasteiger charge is -2.13. The molecule has 0 radical (unpaired) electrons. The van der Waals surface area contributed by atoms with Crippen molar-refractivity contribution in [2.24, 2.45) is 5.10 Å². The minimum Gasteiger partial charge on any atom is -0.267 e. The molecule has 0 spiro atoms. The number of rotatable bonds is 2. The molecule has 0 bridgehead atoms. The Morgan fingerprint density at radius 2 is 1.83 bits per heavy atom. The maximum atomic E-state index is 13.0. The number of carbonyl (C=O) groups is 1. The molecule has 0 aliphatic carbocycles. The number of hydrogen-bond acceptors (Lipinski definition) is 2. The van der Waals surface area contributed by atoms with Gasteiger partial charge in [0.25, 0.3) is 5.91 Å². The van der Waals surface area contributed by atoms with E-state index in [1.807, 2.05) is 0 Å². The van der Waals surface area contributed by atoms with E-state index in [4.69, 9.17) is 23.2 Å². The zero-order chi connectivity index (χ0) is 16.6. The van der Waals surface area contributed by atoms with Gasteiger partial charge in [-0.25, -0.2) is 4.39 Å². The molecule has 23 heavy (non-hydrogen) atoms. The van der Waals surface area contributed by atoms with E-state index < -0.39 is 0 Å². The largest absolute Gasteiger partial charge is 0.280 e. The van der Waals surface area contributed by atoms with Crippen LogP contribution < -0.4 is 5.01 Å². The van der Waals surface area contributed by atoms with Crippen molar-refractivity contribution in [3.63, 3.8) is 0 Å². The molecule has 1 heterocycles. The van der Waals surface area contributed by atoms with Crippen LogP contribution in [0.2, 0.25) is 10.0 Å². The van der Waals surface area contributed by atoms with Crippen molar-refractivity contribution in [1.29, 1.82) is 0 Å². The van der Waals surface area contributed by atoms with Gasteiger partial charge in [-0.15, -0.1) is 0 Å². The Morgan fingerprint density at radius 1 is 1.13 bits per heavy atom. The van der Waals surface area contributed by atoms with Gasteiger partial charge in [0.2, 0.25) is 0 Å². The third-order valence-corrected chi connectivity index (χ3v) is 3.92. The van der Waals surface area contributed by atoms with Gasteiger partial charge >= 0.3 is 0 Å². The van der Waals surface area contributed by atoms with Gasteiger partial charge in [0.1, 0.15) is 5.82 Å². The average Bonchev–Trinajstić information content (AvgIpc) is 2.77. The minimum atomic E-state index is -0.329. The van der Waals surface area contributed by atoms with Gasteiger partial charge in [0.15, 0.2) is 0 Å². The van der Waals surface area contributed by atoms with Crippen LogP contribution in [0.5, 0.6) is 0 Å². The van der Waals surface area contributed by atoms with Crippen molar-refractivity contribution in [3.05, 3.63) is 69.5 Å². The summed E-state index contributed by atoms with van der Waals surface area (Å²) < 4.78 is 13.0. The van der Waals surface area contributed by atoms with E-state index in [0.29, 0.717) is 32.6 Å². The second-order valence-corrected chi connectivity index (χ2v) is 5.85. The highest BCUT2D eigenvalue weighted by atomic mass is 35.5. The second kappa shape index (κ2) is 6.14. The molecule has 1 aliphatic rings. The van der Waals surface area contributed by atoms with Crippen LogP contribution in [-0.4, -0.2) is 11.6 Å². The van der Waals surface area contributed by atoms with Gasteiger partial charge < -0.3 is 0 Å². The molecule has 116 valence electrons. The van der Waals surface area contributed by atoms with E-state index >= 15 is 0 Å². The van der Waals surface area contributed by atoms with Crippen molar-refractivity contribution in [2.45, 2.75) is 6.92 Å². The number of anilines is 1. The number of halogens is 3. The molecule has 0 fully saturated rings. The number of hydrogen-bond donors (Lipinski definition) is 0. The molecule has 3 rings (SSSR count).